The third kappa shape index (κ3) is 1.77. The third-order valence-electron chi connectivity index (χ3n) is 1.52. The van der Waals surface area contributed by atoms with Gasteiger partial charge in [-0.3, -0.25) is 0 Å². The van der Waals surface area contributed by atoms with Gasteiger partial charge in [-0.2, -0.15) is 0 Å². The van der Waals surface area contributed by atoms with Gasteiger partial charge < -0.3 is 9.90 Å². The molecule has 0 aliphatic rings. The summed E-state index contributed by atoms with van der Waals surface area (Å²) in [5, 5.41) is 20.7. The highest BCUT2D eigenvalue weighted by Gasteiger charge is 2.11. The van der Waals surface area contributed by atoms with E-state index < -0.39 is 12.0 Å². The Morgan fingerprint density at radius 2 is 2.50 bits per heavy atom. The van der Waals surface area contributed by atoms with Crippen LogP contribution in [-0.2, 0) is 4.79 Å². The van der Waals surface area contributed by atoms with Gasteiger partial charge in [0.25, 0.3) is 0 Å². The Balaban J connectivity index is 2.73. The van der Waals surface area contributed by atoms with Crippen molar-refractivity contribution in [1.82, 2.24) is 20.2 Å². The molecule has 12 heavy (non-hydrogen) atoms. The highest BCUT2D eigenvalue weighted by Crippen LogP contribution is 2.09. The molecule has 0 N–H and O–H groups in total. The summed E-state index contributed by atoms with van der Waals surface area (Å²) in [5.74, 6) is -1.15. The van der Waals surface area contributed by atoms with Crippen LogP contribution in [0.15, 0.2) is 6.33 Å². The van der Waals surface area contributed by atoms with Crippen LogP contribution in [0.25, 0.3) is 0 Å². The fraction of sp³-hybridized carbons (Fsp3) is 0.667. The molecule has 0 aromatic carbocycles. The lowest BCUT2D eigenvalue weighted by molar-refractivity contribution is -0.310. The third-order valence-corrected chi connectivity index (χ3v) is 1.52. The van der Waals surface area contributed by atoms with Crippen molar-refractivity contribution in [2.75, 3.05) is 0 Å². The van der Waals surface area contributed by atoms with Crippen LogP contribution in [0.2, 0.25) is 0 Å². The highest BCUT2D eigenvalue weighted by atomic mass is 16.4. The molecule has 0 saturated carbocycles. The number of aliphatic carboxylic acids is 1. The molecular formula is C6H9N4O2-. The van der Waals surface area contributed by atoms with Crippen molar-refractivity contribution >= 4 is 5.97 Å². The summed E-state index contributed by atoms with van der Waals surface area (Å²) in [5.41, 5.74) is 0. The molecule has 0 aliphatic carbocycles. The smallest absolute Gasteiger partial charge is 0.138 e. The van der Waals surface area contributed by atoms with Crippen LogP contribution in [0, 0.1) is 0 Å². The lowest BCUT2D eigenvalue weighted by Gasteiger charge is -2.15. The Morgan fingerprint density at radius 3 is 2.92 bits per heavy atom. The largest absolute Gasteiger partial charge is 0.548 e. The van der Waals surface area contributed by atoms with Crippen molar-refractivity contribution in [3.63, 3.8) is 0 Å². The van der Waals surface area contributed by atoms with Crippen molar-refractivity contribution in [2.24, 2.45) is 0 Å². The Kier molecular flexibility index (Phi) is 2.73. The molecule has 0 amide bonds. The van der Waals surface area contributed by atoms with Crippen molar-refractivity contribution < 1.29 is 9.90 Å². The van der Waals surface area contributed by atoms with Crippen LogP contribution in [0.4, 0.5) is 0 Å². The van der Waals surface area contributed by atoms with Gasteiger partial charge in [-0.05, 0) is 16.8 Å². The van der Waals surface area contributed by atoms with Crippen molar-refractivity contribution in [1.29, 1.82) is 0 Å². The van der Waals surface area contributed by atoms with E-state index in [-0.39, 0.29) is 0 Å². The topological polar surface area (TPSA) is 83.7 Å². The van der Waals surface area contributed by atoms with Gasteiger partial charge in [0.15, 0.2) is 0 Å². The van der Waals surface area contributed by atoms with E-state index in [1.54, 1.807) is 0 Å². The molecule has 1 atom stereocenters. The van der Waals surface area contributed by atoms with Crippen LogP contribution in [0.1, 0.15) is 25.8 Å². The Bertz CT molecular complexity index is 246. The first kappa shape index (κ1) is 8.63. The molecule has 66 valence electrons. The maximum atomic E-state index is 10.6. The molecular weight excluding hydrogens is 160 g/mol. The summed E-state index contributed by atoms with van der Waals surface area (Å²) in [6.45, 7) is 1.89. The van der Waals surface area contributed by atoms with E-state index in [1.165, 1.54) is 11.0 Å². The maximum Gasteiger partial charge on any atom is 0.138 e. The quantitative estimate of drug-likeness (QED) is 0.563. The summed E-state index contributed by atoms with van der Waals surface area (Å²) in [6, 6.07) is -0.745. The number of carbonyl (C=O) groups is 1. The van der Waals surface area contributed by atoms with Crippen LogP contribution >= 0.6 is 0 Å². The Labute approximate surface area is 69.2 Å². The second kappa shape index (κ2) is 3.80. The van der Waals surface area contributed by atoms with E-state index in [0.29, 0.717) is 6.42 Å². The van der Waals surface area contributed by atoms with Crippen LogP contribution < -0.4 is 5.11 Å². The highest BCUT2D eigenvalue weighted by molar-refractivity contribution is 5.69. The number of hydrogen-bond donors (Lipinski definition) is 0. The lowest BCUT2D eigenvalue weighted by Crippen LogP contribution is -2.33. The number of hydrogen-bond acceptors (Lipinski definition) is 5. The van der Waals surface area contributed by atoms with E-state index in [9.17, 15) is 9.90 Å². The van der Waals surface area contributed by atoms with Crippen LogP contribution in [0.5, 0.6) is 0 Å². The second-order valence-electron chi connectivity index (χ2n) is 2.41. The fourth-order valence-corrected chi connectivity index (χ4v) is 0.943. The molecule has 0 spiro atoms. The number of aromatic nitrogens is 4. The number of carboxylic acids is 1. The van der Waals surface area contributed by atoms with E-state index >= 15 is 0 Å². The standard InChI is InChI=1S/C6H10N4O2/c1-2-3-5(6(11)12)10-4-7-8-9-10/h4-5H,2-3H2,1H3,(H,11,12)/p-1/t5-/m0/s1. The summed E-state index contributed by atoms with van der Waals surface area (Å²) < 4.78 is 1.19. The molecule has 0 radical (unpaired) electrons. The zero-order valence-corrected chi connectivity index (χ0v) is 6.67. The van der Waals surface area contributed by atoms with Gasteiger partial charge in [0.2, 0.25) is 0 Å². The monoisotopic (exact) mass is 169 g/mol. The molecule has 1 heterocycles. The zero-order chi connectivity index (χ0) is 8.97. The molecule has 0 bridgehead atoms. The van der Waals surface area contributed by atoms with Gasteiger partial charge in [0, 0.05) is 0 Å². The first-order valence-electron chi connectivity index (χ1n) is 3.69. The zero-order valence-electron chi connectivity index (χ0n) is 6.67. The summed E-state index contributed by atoms with van der Waals surface area (Å²) in [4.78, 5) is 10.6. The summed E-state index contributed by atoms with van der Waals surface area (Å²) in [7, 11) is 0. The second-order valence-corrected chi connectivity index (χ2v) is 2.41. The molecule has 6 heteroatoms. The molecule has 1 aromatic rings. The van der Waals surface area contributed by atoms with Gasteiger partial charge in [-0.1, -0.05) is 13.3 Å². The Hall–Kier alpha value is -1.46. The summed E-state index contributed by atoms with van der Waals surface area (Å²) in [6.07, 6.45) is 2.50. The average Bonchev–Trinajstić information content (AvgIpc) is 2.51. The van der Waals surface area contributed by atoms with Gasteiger partial charge in [-0.15, -0.1) is 5.10 Å². The maximum absolute atomic E-state index is 10.6. The molecule has 0 unspecified atom stereocenters. The number of rotatable bonds is 4. The fourth-order valence-electron chi connectivity index (χ4n) is 0.943. The SMILES string of the molecule is CCC[C@@H](C(=O)[O-])n1cnnn1. The number of carboxylic acid groups (broad SMARTS) is 1. The number of tetrazole rings is 1. The van der Waals surface area contributed by atoms with Gasteiger partial charge in [0.05, 0.1) is 12.0 Å². The van der Waals surface area contributed by atoms with Crippen LogP contribution in [-0.4, -0.2) is 26.2 Å². The summed E-state index contributed by atoms with van der Waals surface area (Å²) >= 11 is 0. The molecule has 6 nitrogen and oxygen atoms in total. The predicted molar refractivity (Wildman–Crippen MR) is 36.8 cm³/mol. The Morgan fingerprint density at radius 1 is 1.75 bits per heavy atom. The molecule has 0 aliphatic heterocycles. The van der Waals surface area contributed by atoms with E-state index in [0.717, 1.165) is 6.42 Å². The van der Waals surface area contributed by atoms with Gasteiger partial charge in [-0.25, -0.2) is 4.68 Å². The van der Waals surface area contributed by atoms with Crippen molar-refractivity contribution in [2.45, 2.75) is 25.8 Å². The molecule has 0 fully saturated rings. The molecule has 1 rings (SSSR count). The minimum atomic E-state index is -1.15. The molecule has 0 saturated heterocycles. The normalized spacial score (nSPS) is 12.8. The van der Waals surface area contributed by atoms with E-state index in [1.807, 2.05) is 6.92 Å². The lowest BCUT2D eigenvalue weighted by atomic mass is 10.2. The first-order valence-corrected chi connectivity index (χ1v) is 3.69. The van der Waals surface area contributed by atoms with E-state index in [2.05, 4.69) is 15.5 Å². The minimum absolute atomic E-state index is 0.480. The van der Waals surface area contributed by atoms with Crippen molar-refractivity contribution in [3.05, 3.63) is 6.33 Å². The van der Waals surface area contributed by atoms with Gasteiger partial charge >= 0.3 is 0 Å². The van der Waals surface area contributed by atoms with Crippen molar-refractivity contribution in [3.8, 4) is 0 Å². The first-order chi connectivity index (χ1) is 5.75. The minimum Gasteiger partial charge on any atom is -0.548 e. The van der Waals surface area contributed by atoms with Crippen LogP contribution in [0.3, 0.4) is 0 Å². The average molecular weight is 169 g/mol. The number of nitrogens with zero attached hydrogens (tertiary/aromatic N) is 4. The van der Waals surface area contributed by atoms with Gasteiger partial charge in [0.1, 0.15) is 6.33 Å². The number of carbonyl (C=O) groups excluding carboxylic acids is 1. The molecule has 1 aromatic heterocycles. The predicted octanol–water partition coefficient (Wildman–Crippen LogP) is -1.24. The van der Waals surface area contributed by atoms with E-state index in [4.69, 9.17) is 0 Å².